The van der Waals surface area contributed by atoms with E-state index in [1.807, 2.05) is 0 Å². The average Bonchev–Trinajstić information content (AvgIpc) is 3.42. The van der Waals surface area contributed by atoms with Crippen LogP contribution in [-0.2, 0) is 20.7 Å². The van der Waals surface area contributed by atoms with Crippen molar-refractivity contribution in [3.05, 3.63) is 45.9 Å². The van der Waals surface area contributed by atoms with Crippen molar-refractivity contribution < 1.29 is 19.1 Å². The molecule has 1 fully saturated rings. The summed E-state index contributed by atoms with van der Waals surface area (Å²) in [4.78, 5) is 42.8. The van der Waals surface area contributed by atoms with Crippen LogP contribution in [0.1, 0.15) is 28.9 Å². The Morgan fingerprint density at radius 3 is 2.63 bits per heavy atom. The first-order valence-electron chi connectivity index (χ1n) is 9.52. The predicted molar refractivity (Wildman–Crippen MR) is 115 cm³/mol. The molecule has 8 nitrogen and oxygen atoms in total. The average molecular weight is 451 g/mol. The summed E-state index contributed by atoms with van der Waals surface area (Å²) < 4.78 is 5.05. The largest absolute Gasteiger partial charge is 0.383 e. The van der Waals surface area contributed by atoms with Gasteiger partial charge < -0.3 is 20.3 Å². The lowest BCUT2D eigenvalue weighted by molar-refractivity contribution is -0.120. The molecule has 1 heterocycles. The molecule has 0 unspecified atom stereocenters. The fraction of sp³-hybridized carbons (Fsp3) is 0.400. The fourth-order valence-electron chi connectivity index (χ4n) is 2.68. The number of aromatic nitrogens is 1. The number of ether oxygens (including phenoxy) is 1. The van der Waals surface area contributed by atoms with Crippen LogP contribution in [0.2, 0.25) is 5.02 Å². The predicted octanol–water partition coefficient (Wildman–Crippen LogP) is 2.34. The Bertz CT molecular complexity index is 898. The van der Waals surface area contributed by atoms with Crippen molar-refractivity contribution in [1.29, 1.82) is 0 Å². The maximum absolute atomic E-state index is 12.8. The molecule has 30 heavy (non-hydrogen) atoms. The van der Waals surface area contributed by atoms with E-state index in [1.165, 1.54) is 23.3 Å². The van der Waals surface area contributed by atoms with Gasteiger partial charge in [0, 0.05) is 35.7 Å². The van der Waals surface area contributed by atoms with E-state index in [0.717, 1.165) is 12.8 Å². The zero-order chi connectivity index (χ0) is 21.5. The summed E-state index contributed by atoms with van der Waals surface area (Å²) in [6.07, 6.45) is 2.23. The minimum Gasteiger partial charge on any atom is -0.383 e. The van der Waals surface area contributed by atoms with Crippen molar-refractivity contribution in [2.24, 2.45) is 0 Å². The highest BCUT2D eigenvalue weighted by atomic mass is 35.5. The monoisotopic (exact) mass is 450 g/mol. The number of carbonyl (C=O) groups excluding carboxylic acids is 3. The van der Waals surface area contributed by atoms with Gasteiger partial charge in [-0.1, -0.05) is 11.6 Å². The molecule has 160 valence electrons. The minimum absolute atomic E-state index is 0.0695. The number of nitrogens with zero attached hydrogens (tertiary/aromatic N) is 2. The van der Waals surface area contributed by atoms with Crippen LogP contribution in [0.5, 0.6) is 0 Å². The molecule has 2 N–H and O–H groups in total. The molecule has 0 spiro atoms. The molecule has 0 atom stereocenters. The molecule has 3 rings (SSSR count). The number of anilines is 1. The maximum atomic E-state index is 12.8. The molecule has 0 bridgehead atoms. The summed E-state index contributed by atoms with van der Waals surface area (Å²) in [5.74, 6) is -0.743. The van der Waals surface area contributed by atoms with Crippen LogP contribution < -0.4 is 10.6 Å². The zero-order valence-corrected chi connectivity index (χ0v) is 18.1. The molecule has 1 saturated carbocycles. The zero-order valence-electron chi connectivity index (χ0n) is 16.5. The van der Waals surface area contributed by atoms with Crippen molar-refractivity contribution in [2.45, 2.75) is 25.3 Å². The summed E-state index contributed by atoms with van der Waals surface area (Å²) in [6.45, 7) is 0.405. The highest BCUT2D eigenvalue weighted by molar-refractivity contribution is 7.13. The number of hydrogen-bond acceptors (Lipinski definition) is 6. The molecule has 0 radical (unpaired) electrons. The van der Waals surface area contributed by atoms with Crippen LogP contribution in [0.15, 0.2) is 29.6 Å². The van der Waals surface area contributed by atoms with E-state index in [2.05, 4.69) is 15.6 Å². The number of methoxy groups -OCH3 is 1. The van der Waals surface area contributed by atoms with Crippen LogP contribution in [-0.4, -0.2) is 60.5 Å². The van der Waals surface area contributed by atoms with Gasteiger partial charge >= 0.3 is 0 Å². The van der Waals surface area contributed by atoms with Crippen molar-refractivity contribution in [3.8, 4) is 0 Å². The molecule has 0 saturated heterocycles. The topological polar surface area (TPSA) is 101 Å². The molecule has 0 aliphatic heterocycles. The third-order valence-corrected chi connectivity index (χ3v) is 5.42. The Hall–Kier alpha value is -2.49. The first-order chi connectivity index (χ1) is 14.4. The van der Waals surface area contributed by atoms with E-state index in [-0.39, 0.29) is 37.2 Å². The maximum Gasteiger partial charge on any atom is 0.254 e. The quantitative estimate of drug-likeness (QED) is 0.578. The fourth-order valence-corrected chi connectivity index (χ4v) is 3.53. The summed E-state index contributed by atoms with van der Waals surface area (Å²) in [5, 5.41) is 8.25. The normalized spacial score (nSPS) is 13.0. The molecular weight excluding hydrogens is 428 g/mol. The Morgan fingerprint density at radius 1 is 1.23 bits per heavy atom. The lowest BCUT2D eigenvalue weighted by Crippen LogP contribution is -2.40. The molecule has 2 aromatic rings. The second kappa shape index (κ2) is 10.5. The molecule has 10 heteroatoms. The SMILES string of the molecule is COCCN(CC(=O)Nc1nc(CC(=O)NC2CC2)cs1)C(=O)c1ccc(Cl)cc1. The second-order valence-corrected chi connectivity index (χ2v) is 8.23. The Balaban J connectivity index is 1.56. The van der Waals surface area contributed by atoms with E-state index < -0.39 is 0 Å². The lowest BCUT2D eigenvalue weighted by atomic mass is 10.2. The van der Waals surface area contributed by atoms with Gasteiger partial charge in [-0.25, -0.2) is 4.98 Å². The first kappa shape index (κ1) is 22.2. The van der Waals surface area contributed by atoms with Gasteiger partial charge in [-0.3, -0.25) is 14.4 Å². The van der Waals surface area contributed by atoms with Crippen LogP contribution in [0.4, 0.5) is 5.13 Å². The van der Waals surface area contributed by atoms with Crippen molar-refractivity contribution in [1.82, 2.24) is 15.2 Å². The number of thiazole rings is 1. The highest BCUT2D eigenvalue weighted by Crippen LogP contribution is 2.20. The van der Waals surface area contributed by atoms with Gasteiger partial charge in [0.15, 0.2) is 5.13 Å². The summed E-state index contributed by atoms with van der Waals surface area (Å²) in [5.41, 5.74) is 1.03. The van der Waals surface area contributed by atoms with E-state index >= 15 is 0 Å². The Morgan fingerprint density at radius 2 is 1.97 bits per heavy atom. The number of carbonyl (C=O) groups is 3. The smallest absolute Gasteiger partial charge is 0.254 e. The van der Waals surface area contributed by atoms with E-state index in [1.54, 1.807) is 29.6 Å². The third kappa shape index (κ3) is 6.79. The number of benzene rings is 1. The Labute approximate surface area is 183 Å². The first-order valence-corrected chi connectivity index (χ1v) is 10.8. The Kier molecular flexibility index (Phi) is 7.78. The van der Waals surface area contributed by atoms with Gasteiger partial charge in [0.05, 0.1) is 18.7 Å². The minimum atomic E-state index is -0.378. The van der Waals surface area contributed by atoms with E-state index in [0.29, 0.717) is 34.1 Å². The highest BCUT2D eigenvalue weighted by Gasteiger charge is 2.24. The van der Waals surface area contributed by atoms with E-state index in [9.17, 15) is 14.4 Å². The van der Waals surface area contributed by atoms with Gasteiger partial charge in [-0.2, -0.15) is 0 Å². The van der Waals surface area contributed by atoms with Gasteiger partial charge in [-0.05, 0) is 37.1 Å². The third-order valence-electron chi connectivity index (χ3n) is 4.36. The van der Waals surface area contributed by atoms with E-state index in [4.69, 9.17) is 16.3 Å². The molecular formula is C20H23ClN4O4S. The summed E-state index contributed by atoms with van der Waals surface area (Å²) in [7, 11) is 1.53. The van der Waals surface area contributed by atoms with Crippen molar-refractivity contribution in [3.63, 3.8) is 0 Å². The van der Waals surface area contributed by atoms with Gasteiger partial charge in [-0.15, -0.1) is 11.3 Å². The second-order valence-electron chi connectivity index (χ2n) is 6.94. The van der Waals surface area contributed by atoms with Crippen LogP contribution in [0.25, 0.3) is 0 Å². The van der Waals surface area contributed by atoms with Crippen LogP contribution in [0, 0.1) is 0 Å². The number of amides is 3. The van der Waals surface area contributed by atoms with Crippen molar-refractivity contribution in [2.75, 3.05) is 32.1 Å². The van der Waals surface area contributed by atoms with Gasteiger partial charge in [0.2, 0.25) is 11.8 Å². The number of hydrogen-bond donors (Lipinski definition) is 2. The number of rotatable bonds is 10. The van der Waals surface area contributed by atoms with Gasteiger partial charge in [0.1, 0.15) is 6.54 Å². The van der Waals surface area contributed by atoms with Gasteiger partial charge in [0.25, 0.3) is 5.91 Å². The molecule has 1 aliphatic rings. The number of halogens is 1. The van der Waals surface area contributed by atoms with Crippen LogP contribution >= 0.6 is 22.9 Å². The molecule has 1 aliphatic carbocycles. The van der Waals surface area contributed by atoms with Crippen LogP contribution in [0.3, 0.4) is 0 Å². The standard InChI is InChI=1S/C20H23ClN4O4S/c1-29-9-8-25(19(28)13-2-4-14(21)5-3-13)11-18(27)24-20-23-16(12-30-20)10-17(26)22-15-6-7-15/h2-5,12,15H,6-11H2,1H3,(H,22,26)(H,23,24,27). The number of nitrogens with one attached hydrogen (secondary N) is 2. The van der Waals surface area contributed by atoms with Crippen molar-refractivity contribution >= 4 is 45.8 Å². The summed E-state index contributed by atoms with van der Waals surface area (Å²) in [6, 6.07) is 6.77. The molecule has 1 aromatic carbocycles. The summed E-state index contributed by atoms with van der Waals surface area (Å²) >= 11 is 7.12. The molecule has 3 amide bonds. The molecule has 1 aromatic heterocycles. The lowest BCUT2D eigenvalue weighted by Gasteiger charge is -2.21.